The van der Waals surface area contributed by atoms with Crippen LogP contribution in [0.5, 0.6) is 0 Å². The van der Waals surface area contributed by atoms with Crippen molar-refractivity contribution in [3.8, 4) is 0 Å². The number of nitrogens with two attached hydrogens (primary N) is 1. The van der Waals surface area contributed by atoms with Gasteiger partial charge in [-0.3, -0.25) is 10.1 Å². The van der Waals surface area contributed by atoms with E-state index in [2.05, 4.69) is 5.32 Å². The molecule has 0 saturated heterocycles. The van der Waals surface area contributed by atoms with Crippen LogP contribution in [0, 0.1) is 6.92 Å². The lowest BCUT2D eigenvalue weighted by Gasteiger charge is -2.10. The van der Waals surface area contributed by atoms with E-state index in [1.807, 2.05) is 24.4 Å². The Morgan fingerprint density at radius 3 is 2.69 bits per heavy atom. The molecule has 0 unspecified atom stereocenters. The largest absolute Gasteiger partial charge is 0.375 e. The predicted octanol–water partition coefficient (Wildman–Crippen LogP) is 1.26. The first-order valence-electron chi connectivity index (χ1n) is 4.59. The van der Waals surface area contributed by atoms with Gasteiger partial charge in [0.25, 0.3) is 0 Å². The molecule has 0 saturated carbocycles. The Bertz CT molecular complexity index is 400. The molecule has 0 aliphatic carbocycles. The van der Waals surface area contributed by atoms with Crippen LogP contribution in [-0.2, 0) is 4.79 Å². The van der Waals surface area contributed by atoms with Crippen molar-refractivity contribution in [2.24, 2.45) is 5.73 Å². The number of aryl methyl sites for hydroxylation is 1. The highest BCUT2D eigenvalue weighted by Crippen LogP contribution is 2.24. The first-order valence-corrected chi connectivity index (χ1v) is 4.96. The molecule has 0 aliphatic rings. The molecule has 16 heavy (non-hydrogen) atoms. The van der Waals surface area contributed by atoms with E-state index >= 15 is 0 Å². The van der Waals surface area contributed by atoms with Crippen LogP contribution in [0.15, 0.2) is 18.2 Å². The van der Waals surface area contributed by atoms with Gasteiger partial charge in [-0.15, -0.1) is 0 Å². The molecule has 5 nitrogen and oxygen atoms in total. The minimum Gasteiger partial charge on any atom is -0.375 e. The van der Waals surface area contributed by atoms with Crippen molar-refractivity contribution in [2.45, 2.75) is 6.92 Å². The zero-order valence-electron chi connectivity index (χ0n) is 8.71. The van der Waals surface area contributed by atoms with Gasteiger partial charge in [0, 0.05) is 0 Å². The molecule has 86 valence electrons. The lowest BCUT2D eigenvalue weighted by Crippen LogP contribution is -2.38. The first kappa shape index (κ1) is 12.3. The molecule has 4 N–H and O–H groups in total. The summed E-state index contributed by atoms with van der Waals surface area (Å²) >= 11 is 5.93. The molecule has 0 heterocycles. The third-order valence-electron chi connectivity index (χ3n) is 1.91. The third-order valence-corrected chi connectivity index (χ3v) is 2.23. The fourth-order valence-corrected chi connectivity index (χ4v) is 1.49. The van der Waals surface area contributed by atoms with Crippen LogP contribution in [0.3, 0.4) is 0 Å². The van der Waals surface area contributed by atoms with Gasteiger partial charge >= 0.3 is 6.03 Å². The molecule has 0 aliphatic heterocycles. The Morgan fingerprint density at radius 1 is 1.44 bits per heavy atom. The standard InChI is InChI=1S/C10H12ClN3O2/c1-6-3-2-4-7(11)9(6)13-5-8(15)14-10(12)16/h2-4,13H,5H2,1H3,(H3,12,14,15,16). The van der Waals surface area contributed by atoms with Crippen LogP contribution < -0.4 is 16.4 Å². The molecule has 0 aromatic heterocycles. The highest BCUT2D eigenvalue weighted by Gasteiger charge is 2.07. The third kappa shape index (κ3) is 3.43. The maximum absolute atomic E-state index is 11.1. The molecule has 0 radical (unpaired) electrons. The number of carbonyl (C=O) groups is 2. The molecule has 1 aromatic rings. The Hall–Kier alpha value is -1.75. The average Bonchev–Trinajstić information content (AvgIpc) is 2.15. The molecule has 0 bridgehead atoms. The van der Waals surface area contributed by atoms with Crippen molar-refractivity contribution in [2.75, 3.05) is 11.9 Å². The zero-order valence-corrected chi connectivity index (χ0v) is 9.47. The van der Waals surface area contributed by atoms with E-state index in [4.69, 9.17) is 17.3 Å². The van der Waals surface area contributed by atoms with Crippen molar-refractivity contribution in [3.05, 3.63) is 28.8 Å². The summed E-state index contributed by atoms with van der Waals surface area (Å²) < 4.78 is 0. The summed E-state index contributed by atoms with van der Waals surface area (Å²) in [5.41, 5.74) is 6.38. The van der Waals surface area contributed by atoms with Crippen LogP contribution in [0.1, 0.15) is 5.56 Å². The van der Waals surface area contributed by atoms with Gasteiger partial charge in [-0.25, -0.2) is 4.79 Å². The van der Waals surface area contributed by atoms with Gasteiger partial charge in [-0.05, 0) is 18.6 Å². The van der Waals surface area contributed by atoms with Crippen molar-refractivity contribution < 1.29 is 9.59 Å². The van der Waals surface area contributed by atoms with E-state index in [1.54, 1.807) is 6.07 Å². The Labute approximate surface area is 98.0 Å². The molecule has 0 spiro atoms. The predicted molar refractivity (Wildman–Crippen MR) is 62.4 cm³/mol. The molecule has 1 rings (SSSR count). The number of hydrogen-bond donors (Lipinski definition) is 3. The number of carbonyl (C=O) groups excluding carboxylic acids is 2. The van der Waals surface area contributed by atoms with Gasteiger partial charge in [0.05, 0.1) is 17.3 Å². The summed E-state index contributed by atoms with van der Waals surface area (Å²) in [4.78, 5) is 21.5. The number of rotatable bonds is 3. The van der Waals surface area contributed by atoms with Crippen LogP contribution in [0.25, 0.3) is 0 Å². The fourth-order valence-electron chi connectivity index (χ4n) is 1.21. The minimum absolute atomic E-state index is 0.0620. The second-order valence-electron chi connectivity index (χ2n) is 3.20. The molecule has 6 heteroatoms. The summed E-state index contributed by atoms with van der Waals surface area (Å²) in [5.74, 6) is -0.508. The summed E-state index contributed by atoms with van der Waals surface area (Å²) in [6.45, 7) is 1.80. The lowest BCUT2D eigenvalue weighted by atomic mass is 10.2. The number of urea groups is 1. The monoisotopic (exact) mass is 241 g/mol. The van der Waals surface area contributed by atoms with Crippen molar-refractivity contribution in [1.29, 1.82) is 0 Å². The number of imide groups is 1. The number of hydrogen-bond acceptors (Lipinski definition) is 3. The van der Waals surface area contributed by atoms with E-state index in [-0.39, 0.29) is 6.54 Å². The van der Waals surface area contributed by atoms with E-state index in [0.717, 1.165) is 5.56 Å². The second-order valence-corrected chi connectivity index (χ2v) is 3.60. The van der Waals surface area contributed by atoms with Crippen LogP contribution in [0.4, 0.5) is 10.5 Å². The summed E-state index contributed by atoms with van der Waals surface area (Å²) in [5, 5.41) is 5.30. The Morgan fingerprint density at radius 2 is 2.12 bits per heavy atom. The van der Waals surface area contributed by atoms with Crippen molar-refractivity contribution in [1.82, 2.24) is 5.32 Å². The fraction of sp³-hybridized carbons (Fsp3) is 0.200. The Kier molecular flexibility index (Phi) is 4.13. The lowest BCUT2D eigenvalue weighted by molar-refractivity contribution is -0.118. The second kappa shape index (κ2) is 5.37. The maximum Gasteiger partial charge on any atom is 0.318 e. The van der Waals surface area contributed by atoms with E-state index in [0.29, 0.717) is 10.7 Å². The number of halogens is 1. The molecular weight excluding hydrogens is 230 g/mol. The maximum atomic E-state index is 11.1. The van der Waals surface area contributed by atoms with Gasteiger partial charge in [0.1, 0.15) is 0 Å². The number of para-hydroxylation sites is 1. The van der Waals surface area contributed by atoms with E-state index in [9.17, 15) is 9.59 Å². The number of amides is 3. The van der Waals surface area contributed by atoms with Gasteiger partial charge in [0.2, 0.25) is 5.91 Å². The van der Waals surface area contributed by atoms with Crippen LogP contribution >= 0.6 is 11.6 Å². The number of anilines is 1. The first-order chi connectivity index (χ1) is 7.50. The number of benzene rings is 1. The number of primary amides is 1. The highest BCUT2D eigenvalue weighted by atomic mass is 35.5. The van der Waals surface area contributed by atoms with Crippen molar-refractivity contribution >= 4 is 29.2 Å². The van der Waals surface area contributed by atoms with Crippen LogP contribution in [-0.4, -0.2) is 18.5 Å². The van der Waals surface area contributed by atoms with Gasteiger partial charge in [-0.1, -0.05) is 23.7 Å². The van der Waals surface area contributed by atoms with Gasteiger partial charge < -0.3 is 11.1 Å². The van der Waals surface area contributed by atoms with Crippen molar-refractivity contribution in [3.63, 3.8) is 0 Å². The van der Waals surface area contributed by atoms with Crippen LogP contribution in [0.2, 0.25) is 5.02 Å². The normalized spacial score (nSPS) is 9.62. The molecule has 3 amide bonds. The molecular formula is C10H12ClN3O2. The molecule has 0 fully saturated rings. The van der Waals surface area contributed by atoms with Gasteiger partial charge in [0.15, 0.2) is 0 Å². The summed E-state index contributed by atoms with van der Waals surface area (Å²) in [6, 6.07) is 4.51. The smallest absolute Gasteiger partial charge is 0.318 e. The quantitative estimate of drug-likeness (QED) is 0.745. The molecule has 1 aromatic carbocycles. The van der Waals surface area contributed by atoms with Gasteiger partial charge in [-0.2, -0.15) is 0 Å². The minimum atomic E-state index is -0.873. The van der Waals surface area contributed by atoms with E-state index in [1.165, 1.54) is 0 Å². The SMILES string of the molecule is Cc1cccc(Cl)c1NCC(=O)NC(N)=O. The Balaban J connectivity index is 2.61. The number of nitrogens with one attached hydrogen (secondary N) is 2. The highest BCUT2D eigenvalue weighted by molar-refractivity contribution is 6.33. The molecule has 0 atom stereocenters. The topological polar surface area (TPSA) is 84.2 Å². The zero-order chi connectivity index (χ0) is 12.1. The average molecular weight is 242 g/mol. The summed E-state index contributed by atoms with van der Waals surface area (Å²) in [7, 11) is 0. The van der Waals surface area contributed by atoms with E-state index < -0.39 is 11.9 Å². The summed E-state index contributed by atoms with van der Waals surface area (Å²) in [6.07, 6.45) is 0.